The number of rotatable bonds is 2. The normalized spacial score (nSPS) is 29.3. The first-order valence-electron chi connectivity index (χ1n) is 7.52. The SMILES string of the molecule is CC1=CC(=O)C[C@@H]2CN(S(=O)(=O)c3ccc(C)cc3)C[C@]12C. The van der Waals surface area contributed by atoms with E-state index >= 15 is 0 Å². The van der Waals surface area contributed by atoms with E-state index in [1.807, 2.05) is 26.0 Å². The van der Waals surface area contributed by atoms with E-state index in [-0.39, 0.29) is 17.1 Å². The van der Waals surface area contributed by atoms with E-state index in [9.17, 15) is 13.2 Å². The van der Waals surface area contributed by atoms with E-state index in [1.54, 1.807) is 18.2 Å². The molecule has 1 heterocycles. The lowest BCUT2D eigenvalue weighted by molar-refractivity contribution is -0.116. The van der Waals surface area contributed by atoms with Crippen LogP contribution in [-0.4, -0.2) is 31.6 Å². The number of hydrogen-bond donors (Lipinski definition) is 0. The molecule has 0 unspecified atom stereocenters. The standard InChI is InChI=1S/C17H21NO3S/c1-12-4-6-16(7-5-12)22(20,21)18-10-14-9-15(19)8-13(2)17(14,3)11-18/h4-8,14H,9-11H2,1-3H3/t14-,17-/m1/s1. The van der Waals surface area contributed by atoms with Crippen LogP contribution < -0.4 is 0 Å². The maximum absolute atomic E-state index is 12.8. The Kier molecular flexibility index (Phi) is 3.53. The number of carbonyl (C=O) groups is 1. The summed E-state index contributed by atoms with van der Waals surface area (Å²) < 4.78 is 27.2. The molecular formula is C17H21NO3S. The van der Waals surface area contributed by atoms with Gasteiger partial charge in [-0.2, -0.15) is 4.31 Å². The molecule has 22 heavy (non-hydrogen) atoms. The molecule has 0 aromatic heterocycles. The van der Waals surface area contributed by atoms with Gasteiger partial charge in [-0.25, -0.2) is 8.42 Å². The molecule has 2 atom stereocenters. The number of sulfonamides is 1. The minimum Gasteiger partial charge on any atom is -0.295 e. The average molecular weight is 319 g/mol. The van der Waals surface area contributed by atoms with Crippen molar-refractivity contribution in [1.29, 1.82) is 0 Å². The summed E-state index contributed by atoms with van der Waals surface area (Å²) in [5.41, 5.74) is 1.80. The van der Waals surface area contributed by atoms with E-state index in [4.69, 9.17) is 0 Å². The van der Waals surface area contributed by atoms with E-state index in [0.29, 0.717) is 24.4 Å². The minimum atomic E-state index is -3.50. The Hall–Kier alpha value is -1.46. The molecule has 2 aliphatic rings. The molecule has 1 aromatic rings. The highest BCUT2D eigenvalue weighted by Crippen LogP contribution is 2.47. The Balaban J connectivity index is 1.94. The molecule has 0 bridgehead atoms. The van der Waals surface area contributed by atoms with Crippen LogP contribution in [0, 0.1) is 18.3 Å². The first kappa shape index (κ1) is 15.4. The molecule has 1 aliphatic heterocycles. The number of carbonyl (C=O) groups excluding carboxylic acids is 1. The smallest absolute Gasteiger partial charge is 0.243 e. The Morgan fingerprint density at radius 2 is 1.82 bits per heavy atom. The number of fused-ring (bicyclic) bond motifs is 1. The molecule has 0 spiro atoms. The van der Waals surface area contributed by atoms with Crippen molar-refractivity contribution in [3.05, 3.63) is 41.5 Å². The highest BCUT2D eigenvalue weighted by atomic mass is 32.2. The Bertz CT molecular complexity index is 749. The number of benzene rings is 1. The van der Waals surface area contributed by atoms with Crippen LogP contribution in [0.1, 0.15) is 25.8 Å². The predicted molar refractivity (Wildman–Crippen MR) is 84.9 cm³/mol. The van der Waals surface area contributed by atoms with Gasteiger partial charge in [-0.3, -0.25) is 4.79 Å². The maximum atomic E-state index is 12.8. The van der Waals surface area contributed by atoms with Crippen LogP contribution in [0.25, 0.3) is 0 Å². The van der Waals surface area contributed by atoms with Crippen LogP contribution >= 0.6 is 0 Å². The van der Waals surface area contributed by atoms with E-state index in [0.717, 1.165) is 11.1 Å². The fourth-order valence-corrected chi connectivity index (χ4v) is 5.09. The van der Waals surface area contributed by atoms with Gasteiger partial charge < -0.3 is 0 Å². The van der Waals surface area contributed by atoms with Crippen LogP contribution in [0.15, 0.2) is 40.8 Å². The van der Waals surface area contributed by atoms with Gasteiger partial charge in [0.2, 0.25) is 10.0 Å². The average Bonchev–Trinajstić information content (AvgIpc) is 2.79. The van der Waals surface area contributed by atoms with Gasteiger partial charge in [0, 0.05) is 24.9 Å². The van der Waals surface area contributed by atoms with Crippen molar-refractivity contribution in [2.24, 2.45) is 11.3 Å². The highest BCUT2D eigenvalue weighted by Gasteiger charge is 2.50. The van der Waals surface area contributed by atoms with Crippen molar-refractivity contribution < 1.29 is 13.2 Å². The van der Waals surface area contributed by atoms with E-state index in [1.165, 1.54) is 4.31 Å². The molecule has 5 heteroatoms. The predicted octanol–water partition coefficient (Wildman–Crippen LogP) is 2.54. The fourth-order valence-electron chi connectivity index (χ4n) is 3.49. The molecule has 1 aliphatic carbocycles. The number of hydrogen-bond acceptors (Lipinski definition) is 3. The highest BCUT2D eigenvalue weighted by molar-refractivity contribution is 7.89. The second-order valence-corrected chi connectivity index (χ2v) is 8.66. The minimum absolute atomic E-state index is 0.0743. The van der Waals surface area contributed by atoms with Gasteiger partial charge in [0.25, 0.3) is 0 Å². The largest absolute Gasteiger partial charge is 0.295 e. The molecule has 0 saturated carbocycles. The topological polar surface area (TPSA) is 54.5 Å². The molecule has 0 N–H and O–H groups in total. The van der Waals surface area contributed by atoms with Crippen LogP contribution in [-0.2, 0) is 14.8 Å². The monoisotopic (exact) mass is 319 g/mol. The van der Waals surface area contributed by atoms with Gasteiger partial charge in [0.05, 0.1) is 4.90 Å². The second kappa shape index (κ2) is 5.03. The summed E-state index contributed by atoms with van der Waals surface area (Å²) in [6.45, 7) is 6.81. The first-order chi connectivity index (χ1) is 10.2. The van der Waals surface area contributed by atoms with Gasteiger partial charge in [-0.1, -0.05) is 30.2 Å². The summed E-state index contributed by atoms with van der Waals surface area (Å²) in [4.78, 5) is 12.1. The van der Waals surface area contributed by atoms with Crippen LogP contribution in [0.3, 0.4) is 0 Å². The van der Waals surface area contributed by atoms with Crippen molar-refractivity contribution in [3.8, 4) is 0 Å². The van der Waals surface area contributed by atoms with Gasteiger partial charge in [-0.15, -0.1) is 0 Å². The lowest BCUT2D eigenvalue weighted by atomic mass is 9.69. The lowest BCUT2D eigenvalue weighted by Crippen LogP contribution is -2.34. The lowest BCUT2D eigenvalue weighted by Gasteiger charge is -2.34. The maximum Gasteiger partial charge on any atom is 0.243 e. The van der Waals surface area contributed by atoms with Gasteiger partial charge in [0.15, 0.2) is 5.78 Å². The first-order valence-corrected chi connectivity index (χ1v) is 8.96. The molecule has 3 rings (SSSR count). The zero-order valence-electron chi connectivity index (χ0n) is 13.2. The van der Waals surface area contributed by atoms with Gasteiger partial charge >= 0.3 is 0 Å². The second-order valence-electron chi connectivity index (χ2n) is 6.72. The number of allylic oxidation sites excluding steroid dienone is 1. The summed E-state index contributed by atoms with van der Waals surface area (Å²) in [6, 6.07) is 6.93. The quantitative estimate of drug-likeness (QED) is 0.842. The van der Waals surface area contributed by atoms with Crippen molar-refractivity contribution in [1.82, 2.24) is 4.31 Å². The third kappa shape index (κ3) is 2.32. The zero-order chi connectivity index (χ0) is 16.1. The Morgan fingerprint density at radius 1 is 1.18 bits per heavy atom. The summed E-state index contributed by atoms with van der Waals surface area (Å²) >= 11 is 0. The molecule has 0 amide bonds. The molecule has 1 aromatic carbocycles. The number of nitrogens with zero attached hydrogens (tertiary/aromatic N) is 1. The van der Waals surface area contributed by atoms with Crippen molar-refractivity contribution in [2.75, 3.05) is 13.1 Å². The van der Waals surface area contributed by atoms with Crippen molar-refractivity contribution in [2.45, 2.75) is 32.1 Å². The Labute approximate surface area is 131 Å². The third-order valence-electron chi connectivity index (χ3n) is 5.21. The van der Waals surface area contributed by atoms with Crippen LogP contribution in [0.2, 0.25) is 0 Å². The van der Waals surface area contributed by atoms with E-state index in [2.05, 4.69) is 6.92 Å². The van der Waals surface area contributed by atoms with Crippen molar-refractivity contribution in [3.63, 3.8) is 0 Å². The summed E-state index contributed by atoms with van der Waals surface area (Å²) in [5, 5.41) is 0. The van der Waals surface area contributed by atoms with E-state index < -0.39 is 10.0 Å². The summed E-state index contributed by atoms with van der Waals surface area (Å²) in [6.07, 6.45) is 2.12. The number of aryl methyl sites for hydroxylation is 1. The molecule has 1 saturated heterocycles. The number of ketones is 1. The molecule has 0 radical (unpaired) electrons. The molecule has 1 fully saturated rings. The van der Waals surface area contributed by atoms with Crippen molar-refractivity contribution >= 4 is 15.8 Å². The van der Waals surface area contributed by atoms with Crippen LogP contribution in [0.5, 0.6) is 0 Å². The fraction of sp³-hybridized carbons (Fsp3) is 0.471. The molecule has 4 nitrogen and oxygen atoms in total. The van der Waals surface area contributed by atoms with Gasteiger partial charge in [0.1, 0.15) is 0 Å². The summed E-state index contributed by atoms with van der Waals surface area (Å²) in [5.74, 6) is 0.180. The summed E-state index contributed by atoms with van der Waals surface area (Å²) in [7, 11) is -3.50. The van der Waals surface area contributed by atoms with Crippen LogP contribution in [0.4, 0.5) is 0 Å². The molecular weight excluding hydrogens is 298 g/mol. The Morgan fingerprint density at radius 3 is 2.45 bits per heavy atom. The zero-order valence-corrected chi connectivity index (χ0v) is 14.0. The van der Waals surface area contributed by atoms with Gasteiger partial charge in [-0.05, 0) is 38.0 Å². The third-order valence-corrected chi connectivity index (χ3v) is 7.04. The molecule has 118 valence electrons.